The number of aromatic amines is 1. The Kier molecular flexibility index (Phi) is 5.80. The van der Waals surface area contributed by atoms with Crippen LogP contribution in [-0.4, -0.2) is 48.0 Å². The van der Waals surface area contributed by atoms with Gasteiger partial charge in [0.15, 0.2) is 10.6 Å². The molecular formula is C20H22N6O2S2. The lowest BCUT2D eigenvalue weighted by Gasteiger charge is -2.14. The number of thiophene rings is 1. The number of hydrogen-bond donors (Lipinski definition) is 3. The van der Waals surface area contributed by atoms with E-state index in [1.165, 1.54) is 22.5 Å². The predicted molar refractivity (Wildman–Crippen MR) is 119 cm³/mol. The standard InChI is InChI=1S/C20H22N6O2S2/c1-12-6-15-16(7-13(12)2)25(11-22-15)9-14(27)8-21-18(28)10-26-19(23-24-20(26)29)17-4-3-5-30-17/h3-7,11,14,27H,8-10H2,1-2H3,(H,21,28)(H,24,29)/t14-/m1/s1. The summed E-state index contributed by atoms with van der Waals surface area (Å²) in [6, 6.07) is 7.94. The van der Waals surface area contributed by atoms with E-state index in [2.05, 4.69) is 26.6 Å². The van der Waals surface area contributed by atoms with Gasteiger partial charge < -0.3 is 15.0 Å². The number of hydrogen-bond acceptors (Lipinski definition) is 6. The van der Waals surface area contributed by atoms with Gasteiger partial charge >= 0.3 is 0 Å². The molecule has 0 radical (unpaired) electrons. The van der Waals surface area contributed by atoms with Crippen molar-refractivity contribution in [1.82, 2.24) is 29.6 Å². The van der Waals surface area contributed by atoms with Gasteiger partial charge in [-0.3, -0.25) is 14.5 Å². The number of aliphatic hydroxyl groups is 1. The Hall–Kier alpha value is -2.82. The van der Waals surface area contributed by atoms with E-state index in [4.69, 9.17) is 12.2 Å². The van der Waals surface area contributed by atoms with Crippen LogP contribution in [0.2, 0.25) is 0 Å². The van der Waals surface area contributed by atoms with Gasteiger partial charge in [-0.15, -0.1) is 11.3 Å². The van der Waals surface area contributed by atoms with Crippen molar-refractivity contribution >= 4 is 40.5 Å². The predicted octanol–water partition coefficient (Wildman–Crippen LogP) is 2.81. The molecule has 0 fully saturated rings. The van der Waals surface area contributed by atoms with Crippen LogP contribution in [0.1, 0.15) is 11.1 Å². The normalized spacial score (nSPS) is 12.4. The summed E-state index contributed by atoms with van der Waals surface area (Å²) in [7, 11) is 0. The number of aryl methyl sites for hydroxylation is 2. The van der Waals surface area contributed by atoms with Crippen LogP contribution in [0, 0.1) is 18.6 Å². The third-order valence-electron chi connectivity index (χ3n) is 4.98. The van der Waals surface area contributed by atoms with Gasteiger partial charge in [0.25, 0.3) is 0 Å². The highest BCUT2D eigenvalue weighted by atomic mass is 32.1. The molecule has 1 amide bonds. The topological polar surface area (TPSA) is 101 Å². The number of H-pyrrole nitrogens is 1. The van der Waals surface area contributed by atoms with E-state index in [1.807, 2.05) is 42.0 Å². The SMILES string of the molecule is Cc1cc2ncn(C[C@H](O)CNC(=O)Cn3c(-c4cccs4)n[nH]c3=S)c2cc1C. The molecule has 0 aliphatic carbocycles. The van der Waals surface area contributed by atoms with Gasteiger partial charge in [-0.25, -0.2) is 4.98 Å². The van der Waals surface area contributed by atoms with Gasteiger partial charge in [-0.1, -0.05) is 6.07 Å². The van der Waals surface area contributed by atoms with Crippen LogP contribution in [0.4, 0.5) is 0 Å². The lowest BCUT2D eigenvalue weighted by atomic mass is 10.1. The highest BCUT2D eigenvalue weighted by Gasteiger charge is 2.15. The fourth-order valence-corrected chi connectivity index (χ4v) is 4.16. The van der Waals surface area contributed by atoms with Crippen molar-refractivity contribution in [3.63, 3.8) is 0 Å². The summed E-state index contributed by atoms with van der Waals surface area (Å²) in [5.74, 6) is 0.382. The summed E-state index contributed by atoms with van der Waals surface area (Å²) in [5.41, 5.74) is 4.21. The molecule has 0 saturated carbocycles. The maximum Gasteiger partial charge on any atom is 0.240 e. The van der Waals surface area contributed by atoms with Crippen LogP contribution >= 0.6 is 23.6 Å². The Morgan fingerprint density at radius 1 is 1.37 bits per heavy atom. The van der Waals surface area contributed by atoms with Crippen LogP contribution in [-0.2, 0) is 17.9 Å². The van der Waals surface area contributed by atoms with Crippen molar-refractivity contribution in [2.75, 3.05) is 6.54 Å². The van der Waals surface area contributed by atoms with Crippen molar-refractivity contribution in [3.8, 4) is 10.7 Å². The molecule has 3 heterocycles. The van der Waals surface area contributed by atoms with Crippen LogP contribution in [0.5, 0.6) is 0 Å². The molecule has 0 aliphatic rings. The first-order valence-corrected chi connectivity index (χ1v) is 10.8. The van der Waals surface area contributed by atoms with E-state index in [0.29, 0.717) is 17.1 Å². The molecule has 0 aliphatic heterocycles. The monoisotopic (exact) mass is 442 g/mol. The number of imidazole rings is 1. The summed E-state index contributed by atoms with van der Waals surface area (Å²) >= 11 is 6.78. The zero-order valence-electron chi connectivity index (χ0n) is 16.6. The van der Waals surface area contributed by atoms with Crippen molar-refractivity contribution in [2.24, 2.45) is 0 Å². The Bertz CT molecular complexity index is 1240. The van der Waals surface area contributed by atoms with Gasteiger partial charge in [0.05, 0.1) is 34.9 Å². The zero-order valence-corrected chi connectivity index (χ0v) is 18.3. The maximum atomic E-state index is 12.4. The molecule has 1 atom stereocenters. The van der Waals surface area contributed by atoms with Gasteiger partial charge in [0, 0.05) is 6.54 Å². The highest BCUT2D eigenvalue weighted by molar-refractivity contribution is 7.71. The number of nitrogens with zero attached hydrogens (tertiary/aromatic N) is 4. The molecule has 4 aromatic rings. The van der Waals surface area contributed by atoms with Crippen LogP contribution in [0.15, 0.2) is 36.0 Å². The third kappa shape index (κ3) is 4.20. The van der Waals surface area contributed by atoms with Crippen LogP contribution in [0.3, 0.4) is 0 Å². The largest absolute Gasteiger partial charge is 0.389 e. The Labute approximate surface area is 182 Å². The second kappa shape index (κ2) is 8.50. The number of carbonyl (C=O) groups is 1. The molecule has 0 unspecified atom stereocenters. The summed E-state index contributed by atoms with van der Waals surface area (Å²) in [4.78, 5) is 17.8. The van der Waals surface area contributed by atoms with Gasteiger partial charge in [-0.05, 0) is 60.8 Å². The minimum atomic E-state index is -0.748. The van der Waals surface area contributed by atoms with Crippen molar-refractivity contribution in [1.29, 1.82) is 0 Å². The fraction of sp³-hybridized carbons (Fsp3) is 0.300. The summed E-state index contributed by atoms with van der Waals surface area (Å²) < 4.78 is 3.93. The molecular weight excluding hydrogens is 420 g/mol. The average molecular weight is 443 g/mol. The first kappa shape index (κ1) is 20.5. The molecule has 3 N–H and O–H groups in total. The molecule has 4 rings (SSSR count). The Morgan fingerprint density at radius 2 is 2.17 bits per heavy atom. The van der Waals surface area contributed by atoms with E-state index in [9.17, 15) is 9.90 Å². The lowest BCUT2D eigenvalue weighted by Crippen LogP contribution is -2.36. The number of carbonyl (C=O) groups excluding carboxylic acids is 1. The van der Waals surface area contributed by atoms with Gasteiger partial charge in [-0.2, -0.15) is 5.10 Å². The number of fused-ring (bicyclic) bond motifs is 1. The second-order valence-corrected chi connectivity index (χ2v) is 8.53. The van der Waals surface area contributed by atoms with Crippen molar-refractivity contribution in [3.05, 3.63) is 51.9 Å². The summed E-state index contributed by atoms with van der Waals surface area (Å²) in [5, 5.41) is 22.1. The molecule has 0 bridgehead atoms. The number of aromatic nitrogens is 5. The zero-order chi connectivity index (χ0) is 21.3. The molecule has 10 heteroatoms. The van der Waals surface area contributed by atoms with E-state index in [1.54, 1.807) is 10.9 Å². The summed E-state index contributed by atoms with van der Waals surface area (Å²) in [6.07, 6.45) is 0.967. The smallest absolute Gasteiger partial charge is 0.240 e. The minimum absolute atomic E-state index is 0.0295. The molecule has 1 aromatic carbocycles. The number of nitrogens with one attached hydrogen (secondary N) is 2. The number of benzene rings is 1. The van der Waals surface area contributed by atoms with Crippen LogP contribution in [0.25, 0.3) is 21.7 Å². The number of amides is 1. The third-order valence-corrected chi connectivity index (χ3v) is 6.16. The molecule has 8 nitrogen and oxygen atoms in total. The summed E-state index contributed by atoms with van der Waals surface area (Å²) in [6.45, 7) is 4.60. The Balaban J connectivity index is 1.38. The average Bonchev–Trinajstić information content (AvgIpc) is 3.44. The van der Waals surface area contributed by atoms with Gasteiger partial charge in [0.1, 0.15) is 6.54 Å². The van der Waals surface area contributed by atoms with E-state index >= 15 is 0 Å². The van der Waals surface area contributed by atoms with E-state index in [0.717, 1.165) is 15.9 Å². The Morgan fingerprint density at radius 3 is 2.93 bits per heavy atom. The van der Waals surface area contributed by atoms with Crippen molar-refractivity contribution < 1.29 is 9.90 Å². The second-order valence-electron chi connectivity index (χ2n) is 7.20. The molecule has 156 valence electrons. The first-order valence-electron chi connectivity index (χ1n) is 9.48. The fourth-order valence-electron chi connectivity index (χ4n) is 3.24. The lowest BCUT2D eigenvalue weighted by molar-refractivity contribution is -0.122. The minimum Gasteiger partial charge on any atom is -0.389 e. The number of rotatable bonds is 7. The highest BCUT2D eigenvalue weighted by Crippen LogP contribution is 2.22. The van der Waals surface area contributed by atoms with Crippen molar-refractivity contribution in [2.45, 2.75) is 33.0 Å². The van der Waals surface area contributed by atoms with E-state index < -0.39 is 6.10 Å². The molecule has 3 aromatic heterocycles. The van der Waals surface area contributed by atoms with E-state index in [-0.39, 0.29) is 19.0 Å². The maximum absolute atomic E-state index is 12.4. The molecule has 0 spiro atoms. The quantitative estimate of drug-likeness (QED) is 0.382. The molecule has 30 heavy (non-hydrogen) atoms. The number of aliphatic hydroxyl groups excluding tert-OH is 1. The van der Waals surface area contributed by atoms with Crippen LogP contribution < -0.4 is 5.32 Å². The first-order chi connectivity index (χ1) is 14.4. The molecule has 0 saturated heterocycles. The van der Waals surface area contributed by atoms with Gasteiger partial charge in [0.2, 0.25) is 5.91 Å².